The fourth-order valence-corrected chi connectivity index (χ4v) is 4.63. The van der Waals surface area contributed by atoms with Crippen LogP contribution in [0.1, 0.15) is 44.9 Å². The molecule has 2 fully saturated rings. The number of aromatic nitrogens is 5. The van der Waals surface area contributed by atoms with Crippen LogP contribution in [-0.2, 0) is 4.74 Å². The fourth-order valence-electron chi connectivity index (χ4n) is 4.63. The average Bonchev–Trinajstić information content (AvgIpc) is 3.29. The molecule has 1 aliphatic carbocycles. The first kappa shape index (κ1) is 15.3. The fraction of sp³-hybridized carbons (Fsp3) is 0.611. The van der Waals surface area contributed by atoms with Crippen molar-refractivity contribution in [3.05, 3.63) is 24.3 Å². The van der Waals surface area contributed by atoms with Crippen LogP contribution in [0.25, 0.3) is 16.8 Å². The molecule has 25 heavy (non-hydrogen) atoms. The zero-order valence-corrected chi connectivity index (χ0v) is 14.7. The molecule has 132 valence electrons. The Morgan fingerprint density at radius 2 is 2.24 bits per heavy atom. The van der Waals surface area contributed by atoms with Gasteiger partial charge in [-0.2, -0.15) is 0 Å². The van der Waals surface area contributed by atoms with Gasteiger partial charge in [-0.3, -0.25) is 4.40 Å². The Morgan fingerprint density at radius 3 is 3.00 bits per heavy atom. The number of nitrogens with zero attached hydrogens (tertiary/aromatic N) is 4. The molecule has 3 atom stereocenters. The van der Waals surface area contributed by atoms with Gasteiger partial charge in [0.2, 0.25) is 0 Å². The van der Waals surface area contributed by atoms with Crippen molar-refractivity contribution in [2.45, 2.75) is 50.6 Å². The predicted molar refractivity (Wildman–Crippen MR) is 94.5 cm³/mol. The molecule has 0 bridgehead atoms. The van der Waals surface area contributed by atoms with Gasteiger partial charge in [0, 0.05) is 18.2 Å². The summed E-state index contributed by atoms with van der Waals surface area (Å²) in [6, 6.07) is 2.57. The van der Waals surface area contributed by atoms with Crippen molar-refractivity contribution in [1.82, 2.24) is 29.9 Å². The van der Waals surface area contributed by atoms with Gasteiger partial charge in [0.15, 0.2) is 11.3 Å². The van der Waals surface area contributed by atoms with E-state index in [4.69, 9.17) is 4.74 Å². The van der Waals surface area contributed by atoms with Crippen molar-refractivity contribution in [2.75, 3.05) is 13.2 Å². The van der Waals surface area contributed by atoms with Crippen LogP contribution >= 0.6 is 0 Å². The third kappa shape index (κ3) is 2.37. The third-order valence-electron chi connectivity index (χ3n) is 5.91. The third-order valence-corrected chi connectivity index (χ3v) is 5.91. The Balaban J connectivity index is 1.51. The average molecular weight is 340 g/mol. The summed E-state index contributed by atoms with van der Waals surface area (Å²) in [7, 11) is 0. The summed E-state index contributed by atoms with van der Waals surface area (Å²) in [6.45, 7) is 6.17. The van der Waals surface area contributed by atoms with E-state index in [2.05, 4.69) is 49.8 Å². The van der Waals surface area contributed by atoms with Crippen LogP contribution in [0.4, 0.5) is 0 Å². The lowest BCUT2D eigenvalue weighted by molar-refractivity contribution is -0.0692. The summed E-state index contributed by atoms with van der Waals surface area (Å²) >= 11 is 0. The monoisotopic (exact) mass is 340 g/mol. The lowest BCUT2D eigenvalue weighted by atomic mass is 9.93. The maximum Gasteiger partial charge on any atom is 0.179 e. The van der Waals surface area contributed by atoms with Crippen LogP contribution in [0.5, 0.6) is 0 Å². The highest BCUT2D eigenvalue weighted by Crippen LogP contribution is 2.42. The zero-order valence-electron chi connectivity index (χ0n) is 14.7. The lowest BCUT2D eigenvalue weighted by Gasteiger charge is -2.41. The van der Waals surface area contributed by atoms with Crippen LogP contribution < -0.4 is 5.32 Å². The largest absolute Gasteiger partial charge is 0.377 e. The molecule has 7 nitrogen and oxygen atoms in total. The second kappa shape index (κ2) is 5.51. The molecule has 0 unspecified atom stereocenters. The SMILES string of the molecule is CC[C@@H]1C[C@H](NC2(C)COC2)C[C@@H]1c1nnc2cnc3[nH]ccc3n12. The Hall–Kier alpha value is -1.99. The molecular weight excluding hydrogens is 316 g/mol. The van der Waals surface area contributed by atoms with Crippen molar-refractivity contribution >= 4 is 16.8 Å². The summed E-state index contributed by atoms with van der Waals surface area (Å²) < 4.78 is 7.58. The Bertz CT molecular complexity index is 911. The number of fused-ring (bicyclic) bond motifs is 3. The zero-order chi connectivity index (χ0) is 17.0. The van der Waals surface area contributed by atoms with E-state index in [1.54, 1.807) is 6.20 Å². The highest BCUT2D eigenvalue weighted by Gasteiger charge is 2.42. The van der Waals surface area contributed by atoms with Gasteiger partial charge in [-0.1, -0.05) is 13.3 Å². The lowest BCUT2D eigenvalue weighted by Crippen LogP contribution is -2.60. The van der Waals surface area contributed by atoms with Crippen LogP contribution in [0.15, 0.2) is 18.5 Å². The molecule has 0 radical (unpaired) electrons. The minimum Gasteiger partial charge on any atom is -0.377 e. The number of ether oxygens (including phenoxy) is 1. The molecule has 2 N–H and O–H groups in total. The molecule has 0 amide bonds. The predicted octanol–water partition coefficient (Wildman–Crippen LogP) is 2.26. The maximum absolute atomic E-state index is 5.40. The molecule has 1 saturated heterocycles. The van der Waals surface area contributed by atoms with Gasteiger partial charge in [0.25, 0.3) is 0 Å². The van der Waals surface area contributed by atoms with Crippen LogP contribution in [0, 0.1) is 5.92 Å². The van der Waals surface area contributed by atoms with Gasteiger partial charge in [-0.25, -0.2) is 4.98 Å². The summed E-state index contributed by atoms with van der Waals surface area (Å²) in [6.07, 6.45) is 7.17. The molecule has 1 saturated carbocycles. The number of H-pyrrole nitrogens is 1. The molecule has 1 aliphatic heterocycles. The molecule has 0 spiro atoms. The first-order valence-electron chi connectivity index (χ1n) is 9.19. The van der Waals surface area contributed by atoms with Gasteiger partial charge in [0.1, 0.15) is 5.82 Å². The Kier molecular flexibility index (Phi) is 3.36. The number of aromatic amines is 1. The maximum atomic E-state index is 5.40. The van der Waals surface area contributed by atoms with Crippen molar-refractivity contribution in [2.24, 2.45) is 5.92 Å². The Morgan fingerprint density at radius 1 is 1.36 bits per heavy atom. The van der Waals surface area contributed by atoms with Crippen molar-refractivity contribution in [3.63, 3.8) is 0 Å². The molecule has 0 aromatic carbocycles. The highest BCUT2D eigenvalue weighted by molar-refractivity contribution is 5.74. The molecule has 2 aliphatic rings. The number of hydrogen-bond donors (Lipinski definition) is 2. The highest BCUT2D eigenvalue weighted by atomic mass is 16.5. The molecular formula is C18H24N6O. The molecule has 4 heterocycles. The summed E-state index contributed by atoms with van der Waals surface area (Å²) in [5.41, 5.74) is 2.91. The summed E-state index contributed by atoms with van der Waals surface area (Å²) in [4.78, 5) is 7.61. The first-order chi connectivity index (χ1) is 12.2. The van der Waals surface area contributed by atoms with E-state index in [0.29, 0.717) is 17.9 Å². The number of rotatable bonds is 4. The summed E-state index contributed by atoms with van der Waals surface area (Å²) in [5, 5.41) is 12.8. The number of hydrogen-bond acceptors (Lipinski definition) is 5. The molecule has 7 heteroatoms. The molecule has 3 aromatic heterocycles. The van der Waals surface area contributed by atoms with E-state index in [1.807, 2.05) is 6.20 Å². The topological polar surface area (TPSA) is 80.1 Å². The second-order valence-electron chi connectivity index (χ2n) is 7.86. The number of nitrogens with one attached hydrogen (secondary N) is 2. The normalized spacial score (nSPS) is 28.6. The molecule has 5 rings (SSSR count). The van der Waals surface area contributed by atoms with Gasteiger partial charge in [0.05, 0.1) is 30.5 Å². The Labute approximate surface area is 146 Å². The quantitative estimate of drug-likeness (QED) is 0.761. The van der Waals surface area contributed by atoms with Crippen molar-refractivity contribution in [1.29, 1.82) is 0 Å². The van der Waals surface area contributed by atoms with Crippen molar-refractivity contribution < 1.29 is 4.74 Å². The van der Waals surface area contributed by atoms with E-state index in [1.165, 1.54) is 6.42 Å². The first-order valence-corrected chi connectivity index (χ1v) is 9.19. The van der Waals surface area contributed by atoms with E-state index in [-0.39, 0.29) is 5.54 Å². The van der Waals surface area contributed by atoms with Crippen molar-refractivity contribution in [3.8, 4) is 0 Å². The minimum atomic E-state index is 0.141. The van der Waals surface area contributed by atoms with Crippen LogP contribution in [0.2, 0.25) is 0 Å². The second-order valence-corrected chi connectivity index (χ2v) is 7.86. The minimum absolute atomic E-state index is 0.141. The van der Waals surface area contributed by atoms with E-state index in [9.17, 15) is 0 Å². The smallest absolute Gasteiger partial charge is 0.179 e. The standard InChI is InChI=1S/C18H24N6O/c1-3-11-6-12(21-18(2)9-25-10-18)7-13(11)17-23-22-15-8-20-16-14(24(15)17)4-5-19-16/h4-5,8,11-13,19,21H,3,6-7,9-10H2,1-2H3/t11-,12+,13+/m1/s1. The van der Waals surface area contributed by atoms with E-state index in [0.717, 1.165) is 48.7 Å². The van der Waals surface area contributed by atoms with Crippen LogP contribution in [0.3, 0.4) is 0 Å². The van der Waals surface area contributed by atoms with Gasteiger partial charge < -0.3 is 15.0 Å². The summed E-state index contributed by atoms with van der Waals surface area (Å²) in [5.74, 6) is 2.12. The molecule has 3 aromatic rings. The van der Waals surface area contributed by atoms with Gasteiger partial charge in [-0.15, -0.1) is 10.2 Å². The van der Waals surface area contributed by atoms with Gasteiger partial charge >= 0.3 is 0 Å². The van der Waals surface area contributed by atoms with E-state index >= 15 is 0 Å². The van der Waals surface area contributed by atoms with E-state index < -0.39 is 0 Å². The van der Waals surface area contributed by atoms with Crippen LogP contribution in [-0.4, -0.2) is 49.4 Å². The van der Waals surface area contributed by atoms with Gasteiger partial charge in [-0.05, 0) is 31.7 Å².